The summed E-state index contributed by atoms with van der Waals surface area (Å²) in [5.41, 5.74) is 1.69. The smallest absolute Gasteiger partial charge is 0.0699 e. The Kier molecular flexibility index (Phi) is 2.96. The van der Waals surface area contributed by atoms with Crippen molar-refractivity contribution >= 4 is 7.85 Å². The van der Waals surface area contributed by atoms with Crippen molar-refractivity contribution in [3.05, 3.63) is 0 Å². The lowest BCUT2D eigenvalue weighted by Crippen LogP contribution is -2.42. The van der Waals surface area contributed by atoms with E-state index in [4.69, 9.17) is 7.85 Å². The van der Waals surface area contributed by atoms with E-state index >= 15 is 0 Å². The highest BCUT2D eigenvalue weighted by Crippen LogP contribution is 2.59. The summed E-state index contributed by atoms with van der Waals surface area (Å²) in [4.78, 5) is 0. The molecular formula is C15H27B. The molecule has 2 radical (unpaired) electrons. The second-order valence-corrected chi connectivity index (χ2v) is 8.20. The molecule has 1 spiro atoms. The molecule has 2 aliphatic rings. The summed E-state index contributed by atoms with van der Waals surface area (Å²) in [6.45, 7) is 9.85. The van der Waals surface area contributed by atoms with Crippen LogP contribution in [0, 0.1) is 16.2 Å². The summed E-state index contributed by atoms with van der Waals surface area (Å²) in [7, 11) is 6.06. The van der Waals surface area contributed by atoms with E-state index in [1.54, 1.807) is 0 Å². The zero-order chi connectivity index (χ0) is 12.0. The molecule has 2 fully saturated rings. The Hall–Kier alpha value is 0.0649. The average molecular weight is 218 g/mol. The van der Waals surface area contributed by atoms with E-state index in [9.17, 15) is 0 Å². The normalized spacial score (nSPS) is 32.8. The van der Waals surface area contributed by atoms with Crippen molar-refractivity contribution in [3.63, 3.8) is 0 Å². The molecule has 0 aromatic carbocycles. The van der Waals surface area contributed by atoms with Crippen molar-refractivity contribution in [2.75, 3.05) is 0 Å². The molecule has 0 bridgehead atoms. The third kappa shape index (κ3) is 2.66. The fourth-order valence-electron chi connectivity index (χ4n) is 5.12. The quantitative estimate of drug-likeness (QED) is 0.515. The summed E-state index contributed by atoms with van der Waals surface area (Å²) < 4.78 is 0. The monoisotopic (exact) mass is 218 g/mol. The van der Waals surface area contributed by atoms with Gasteiger partial charge >= 0.3 is 0 Å². The lowest BCUT2D eigenvalue weighted by atomic mass is 9.50. The van der Waals surface area contributed by atoms with Gasteiger partial charge in [-0.1, -0.05) is 46.4 Å². The first-order valence-corrected chi connectivity index (χ1v) is 6.98. The lowest BCUT2D eigenvalue weighted by molar-refractivity contribution is -0.0248. The molecule has 2 aliphatic carbocycles. The molecule has 0 N–H and O–H groups in total. The van der Waals surface area contributed by atoms with E-state index < -0.39 is 0 Å². The molecule has 2 saturated carbocycles. The molecule has 0 unspecified atom stereocenters. The highest BCUT2D eigenvalue weighted by atomic mass is 14.5. The molecule has 0 heterocycles. The van der Waals surface area contributed by atoms with Crippen molar-refractivity contribution in [1.29, 1.82) is 0 Å². The minimum Gasteiger partial charge on any atom is -0.0773 e. The molecule has 2 rings (SSSR count). The van der Waals surface area contributed by atoms with Gasteiger partial charge in [-0.2, -0.15) is 0 Å². The predicted molar refractivity (Wildman–Crippen MR) is 71.8 cm³/mol. The van der Waals surface area contributed by atoms with Crippen LogP contribution in [0.1, 0.15) is 72.6 Å². The Labute approximate surface area is 103 Å². The molecule has 16 heavy (non-hydrogen) atoms. The molecule has 0 aromatic rings. The first kappa shape index (κ1) is 12.5. The number of rotatable bonds is 0. The second-order valence-electron chi connectivity index (χ2n) is 8.20. The van der Waals surface area contributed by atoms with E-state index in [2.05, 4.69) is 27.7 Å². The van der Waals surface area contributed by atoms with Crippen LogP contribution >= 0.6 is 0 Å². The molecule has 0 nitrogen and oxygen atoms in total. The van der Waals surface area contributed by atoms with Crippen LogP contribution in [0.15, 0.2) is 0 Å². The Balaban J connectivity index is 2.15. The molecule has 0 amide bonds. The van der Waals surface area contributed by atoms with Gasteiger partial charge in [0.25, 0.3) is 0 Å². The molecular weight excluding hydrogens is 191 g/mol. The fourth-order valence-corrected chi connectivity index (χ4v) is 5.12. The van der Waals surface area contributed by atoms with Crippen molar-refractivity contribution in [2.24, 2.45) is 16.2 Å². The first-order chi connectivity index (χ1) is 7.22. The van der Waals surface area contributed by atoms with Crippen LogP contribution in [0.5, 0.6) is 0 Å². The standard InChI is InChI=1S/C15H27B/c1-13(2)9-14(3,4)11-15(10-13)7-5-12(16)6-8-15/h12H,5-11H2,1-4H3. The maximum Gasteiger partial charge on any atom is 0.0699 e. The van der Waals surface area contributed by atoms with Gasteiger partial charge in [0, 0.05) is 0 Å². The Bertz CT molecular complexity index is 239. The Morgan fingerprint density at radius 2 is 1.25 bits per heavy atom. The van der Waals surface area contributed by atoms with Crippen LogP contribution in [0.25, 0.3) is 0 Å². The summed E-state index contributed by atoms with van der Waals surface area (Å²) in [6.07, 6.45) is 9.50. The summed E-state index contributed by atoms with van der Waals surface area (Å²) in [6, 6.07) is 0. The van der Waals surface area contributed by atoms with Crippen molar-refractivity contribution in [3.8, 4) is 0 Å². The van der Waals surface area contributed by atoms with E-state index in [1.807, 2.05) is 0 Å². The minimum atomic E-state index is 0.485. The van der Waals surface area contributed by atoms with Crippen LogP contribution in [-0.2, 0) is 0 Å². The highest BCUT2D eigenvalue weighted by Gasteiger charge is 2.47. The second kappa shape index (κ2) is 3.78. The van der Waals surface area contributed by atoms with E-state index in [1.165, 1.54) is 44.9 Å². The van der Waals surface area contributed by atoms with Crippen molar-refractivity contribution in [1.82, 2.24) is 0 Å². The van der Waals surface area contributed by atoms with Crippen LogP contribution in [0.4, 0.5) is 0 Å². The van der Waals surface area contributed by atoms with Gasteiger partial charge in [0.1, 0.15) is 0 Å². The maximum absolute atomic E-state index is 6.06. The van der Waals surface area contributed by atoms with Gasteiger partial charge in [-0.25, -0.2) is 0 Å². The SMILES string of the molecule is [B]C1CCC2(CC1)CC(C)(C)CC(C)(C)C2. The van der Waals surface area contributed by atoms with E-state index in [0.29, 0.717) is 22.1 Å². The third-order valence-electron chi connectivity index (χ3n) is 4.76. The summed E-state index contributed by atoms with van der Waals surface area (Å²) in [5.74, 6) is 0.485. The summed E-state index contributed by atoms with van der Waals surface area (Å²) >= 11 is 0. The third-order valence-corrected chi connectivity index (χ3v) is 4.76. The topological polar surface area (TPSA) is 0 Å². The van der Waals surface area contributed by atoms with Crippen LogP contribution in [0.2, 0.25) is 5.82 Å². The van der Waals surface area contributed by atoms with Gasteiger partial charge in [0.2, 0.25) is 0 Å². The van der Waals surface area contributed by atoms with Gasteiger partial charge in [-0.15, -0.1) is 0 Å². The van der Waals surface area contributed by atoms with Gasteiger partial charge in [-0.05, 0) is 48.3 Å². The average Bonchev–Trinajstić information content (AvgIpc) is 2.05. The Morgan fingerprint density at radius 3 is 1.69 bits per heavy atom. The van der Waals surface area contributed by atoms with Gasteiger partial charge in [0.15, 0.2) is 0 Å². The zero-order valence-electron chi connectivity index (χ0n) is 11.6. The van der Waals surface area contributed by atoms with Crippen LogP contribution in [-0.4, -0.2) is 7.85 Å². The first-order valence-electron chi connectivity index (χ1n) is 6.98. The lowest BCUT2D eigenvalue weighted by Gasteiger charge is -2.54. The van der Waals surface area contributed by atoms with Crippen molar-refractivity contribution in [2.45, 2.75) is 78.5 Å². The van der Waals surface area contributed by atoms with Crippen molar-refractivity contribution < 1.29 is 0 Å². The minimum absolute atomic E-state index is 0.485. The van der Waals surface area contributed by atoms with Gasteiger partial charge in [0.05, 0.1) is 7.85 Å². The van der Waals surface area contributed by atoms with E-state index in [-0.39, 0.29) is 0 Å². The maximum atomic E-state index is 6.06. The molecule has 1 heteroatoms. The largest absolute Gasteiger partial charge is 0.0773 e. The Morgan fingerprint density at radius 1 is 0.812 bits per heavy atom. The van der Waals surface area contributed by atoms with Gasteiger partial charge in [-0.3, -0.25) is 0 Å². The molecule has 90 valence electrons. The summed E-state index contributed by atoms with van der Waals surface area (Å²) in [5, 5.41) is 0. The highest BCUT2D eigenvalue weighted by molar-refractivity contribution is 6.11. The number of hydrogen-bond acceptors (Lipinski definition) is 0. The fraction of sp³-hybridized carbons (Fsp3) is 1.00. The molecule has 0 atom stereocenters. The van der Waals surface area contributed by atoms with Gasteiger partial charge < -0.3 is 0 Å². The zero-order valence-corrected chi connectivity index (χ0v) is 11.6. The molecule has 0 aliphatic heterocycles. The predicted octanol–water partition coefficient (Wildman–Crippen LogP) is 4.74. The van der Waals surface area contributed by atoms with Crippen LogP contribution in [0.3, 0.4) is 0 Å². The van der Waals surface area contributed by atoms with Crippen LogP contribution < -0.4 is 0 Å². The van der Waals surface area contributed by atoms with E-state index in [0.717, 1.165) is 0 Å². The molecule has 0 aromatic heterocycles. The molecule has 0 saturated heterocycles. The number of hydrogen-bond donors (Lipinski definition) is 0.